The average Bonchev–Trinajstić information content (AvgIpc) is 3.23. The molecule has 1 amide bonds. The highest BCUT2D eigenvalue weighted by Crippen LogP contribution is 2.17. The van der Waals surface area contributed by atoms with Gasteiger partial charge in [-0.3, -0.25) is 9.48 Å². The smallest absolute Gasteiger partial charge is 0.276 e. The predicted molar refractivity (Wildman–Crippen MR) is 107 cm³/mol. The molecule has 1 unspecified atom stereocenters. The van der Waals surface area contributed by atoms with Gasteiger partial charge in [0.05, 0.1) is 6.20 Å². The zero-order chi connectivity index (χ0) is 19.2. The van der Waals surface area contributed by atoms with Crippen molar-refractivity contribution in [1.82, 2.24) is 30.2 Å². The van der Waals surface area contributed by atoms with Crippen molar-refractivity contribution in [3.8, 4) is 0 Å². The van der Waals surface area contributed by atoms with Crippen LogP contribution in [0.3, 0.4) is 0 Å². The first kappa shape index (κ1) is 18.9. The summed E-state index contributed by atoms with van der Waals surface area (Å²) in [6.45, 7) is 3.36. The predicted octanol–water partition coefficient (Wildman–Crippen LogP) is 1.92. The maximum atomic E-state index is 12.7. The lowest BCUT2D eigenvalue weighted by Gasteiger charge is -2.32. The molecule has 0 aliphatic carbocycles. The normalized spacial score (nSPS) is 20.9. The molecule has 1 atom stereocenters. The van der Waals surface area contributed by atoms with Gasteiger partial charge in [0.25, 0.3) is 5.91 Å². The SMILES string of the molecule is O=C(c1cn(CCC2CCCCN2)nn1)N1CCC(Nc2ccccn2)CC1. The molecule has 8 nitrogen and oxygen atoms in total. The minimum Gasteiger partial charge on any atom is -0.367 e. The standard InChI is InChI=1S/C20H29N7O/c28-20(18-15-27(25-24-18)14-9-16-5-1-3-10-21-16)26-12-7-17(8-13-26)23-19-6-2-4-11-22-19/h2,4,6,11,15-17,21H,1,3,5,7-10,12-14H2,(H,22,23). The molecule has 2 N–H and O–H groups in total. The fraction of sp³-hybridized carbons (Fsp3) is 0.600. The summed E-state index contributed by atoms with van der Waals surface area (Å²) < 4.78 is 1.80. The van der Waals surface area contributed by atoms with Gasteiger partial charge in [0.2, 0.25) is 0 Å². The van der Waals surface area contributed by atoms with Crippen LogP contribution >= 0.6 is 0 Å². The second-order valence-electron chi connectivity index (χ2n) is 7.73. The number of aryl methyl sites for hydroxylation is 1. The molecule has 0 bridgehead atoms. The van der Waals surface area contributed by atoms with E-state index >= 15 is 0 Å². The minimum absolute atomic E-state index is 0.0154. The van der Waals surface area contributed by atoms with Crippen molar-refractivity contribution in [1.29, 1.82) is 0 Å². The van der Waals surface area contributed by atoms with E-state index in [2.05, 4.69) is 25.9 Å². The van der Waals surface area contributed by atoms with Gasteiger partial charge >= 0.3 is 0 Å². The van der Waals surface area contributed by atoms with E-state index in [4.69, 9.17) is 0 Å². The van der Waals surface area contributed by atoms with Crippen molar-refractivity contribution in [3.63, 3.8) is 0 Å². The molecule has 2 aromatic heterocycles. The number of aromatic nitrogens is 4. The van der Waals surface area contributed by atoms with Crippen LogP contribution in [0.4, 0.5) is 5.82 Å². The van der Waals surface area contributed by atoms with Gasteiger partial charge in [-0.25, -0.2) is 4.98 Å². The monoisotopic (exact) mass is 383 g/mol. The average molecular weight is 384 g/mol. The molecule has 0 saturated carbocycles. The van der Waals surface area contributed by atoms with Crippen LogP contribution in [0.25, 0.3) is 0 Å². The minimum atomic E-state index is -0.0154. The fourth-order valence-electron chi connectivity index (χ4n) is 4.01. The second kappa shape index (κ2) is 9.14. The maximum Gasteiger partial charge on any atom is 0.276 e. The molecule has 4 rings (SSSR count). The van der Waals surface area contributed by atoms with E-state index in [1.807, 2.05) is 23.1 Å². The summed E-state index contributed by atoms with van der Waals surface area (Å²) in [7, 11) is 0. The number of pyridine rings is 1. The van der Waals surface area contributed by atoms with E-state index in [0.717, 1.165) is 51.3 Å². The van der Waals surface area contributed by atoms with Crippen LogP contribution < -0.4 is 10.6 Å². The zero-order valence-electron chi connectivity index (χ0n) is 16.3. The van der Waals surface area contributed by atoms with Crippen molar-refractivity contribution in [2.24, 2.45) is 0 Å². The van der Waals surface area contributed by atoms with Gasteiger partial charge in [-0.1, -0.05) is 17.7 Å². The summed E-state index contributed by atoms with van der Waals surface area (Å²) in [5.41, 5.74) is 0.452. The number of carbonyl (C=O) groups excluding carboxylic acids is 1. The Morgan fingerprint density at radius 2 is 2.11 bits per heavy atom. The van der Waals surface area contributed by atoms with Gasteiger partial charge in [0.1, 0.15) is 5.82 Å². The van der Waals surface area contributed by atoms with Crippen LogP contribution in [-0.2, 0) is 6.54 Å². The molecule has 0 aromatic carbocycles. The fourth-order valence-corrected chi connectivity index (χ4v) is 4.01. The number of rotatable bonds is 6. The Balaban J connectivity index is 1.24. The quantitative estimate of drug-likeness (QED) is 0.792. The van der Waals surface area contributed by atoms with Crippen LogP contribution in [0.15, 0.2) is 30.6 Å². The molecule has 28 heavy (non-hydrogen) atoms. The molecule has 0 radical (unpaired) electrons. The first-order chi connectivity index (χ1) is 13.8. The van der Waals surface area contributed by atoms with E-state index in [9.17, 15) is 4.79 Å². The molecule has 8 heteroatoms. The topological polar surface area (TPSA) is 88.0 Å². The third-order valence-electron chi connectivity index (χ3n) is 5.68. The summed E-state index contributed by atoms with van der Waals surface area (Å²) in [5, 5.41) is 15.3. The zero-order valence-corrected chi connectivity index (χ0v) is 16.3. The highest BCUT2D eigenvalue weighted by molar-refractivity contribution is 5.92. The van der Waals surface area contributed by atoms with Gasteiger partial charge in [-0.05, 0) is 50.8 Å². The molecular formula is C20H29N7O. The van der Waals surface area contributed by atoms with Crippen molar-refractivity contribution in [2.45, 2.75) is 57.2 Å². The Bertz CT molecular complexity index is 749. The lowest BCUT2D eigenvalue weighted by Crippen LogP contribution is -2.42. The summed E-state index contributed by atoms with van der Waals surface area (Å²) in [5.74, 6) is 0.876. The summed E-state index contributed by atoms with van der Waals surface area (Å²) in [6, 6.07) is 6.76. The van der Waals surface area contributed by atoms with Crippen LogP contribution in [0.5, 0.6) is 0 Å². The van der Waals surface area contributed by atoms with Crippen LogP contribution in [0, 0.1) is 0 Å². The van der Waals surface area contributed by atoms with E-state index in [0.29, 0.717) is 17.8 Å². The van der Waals surface area contributed by atoms with Gasteiger partial charge in [-0.15, -0.1) is 5.10 Å². The molecule has 2 saturated heterocycles. The molecule has 2 aliphatic heterocycles. The van der Waals surface area contributed by atoms with Gasteiger partial charge in [-0.2, -0.15) is 0 Å². The first-order valence-electron chi connectivity index (χ1n) is 10.4. The number of piperidine rings is 2. The maximum absolute atomic E-state index is 12.7. The molecule has 0 spiro atoms. The Morgan fingerprint density at radius 1 is 1.21 bits per heavy atom. The van der Waals surface area contributed by atoms with E-state index < -0.39 is 0 Å². The molecule has 2 fully saturated rings. The third-order valence-corrected chi connectivity index (χ3v) is 5.68. The van der Waals surface area contributed by atoms with Crippen LogP contribution in [0.2, 0.25) is 0 Å². The number of hydrogen-bond donors (Lipinski definition) is 2. The largest absolute Gasteiger partial charge is 0.367 e. The van der Waals surface area contributed by atoms with E-state index in [1.165, 1.54) is 19.3 Å². The molecular weight excluding hydrogens is 354 g/mol. The van der Waals surface area contributed by atoms with Crippen LogP contribution in [-0.4, -0.2) is 62.5 Å². The third kappa shape index (κ3) is 4.86. The lowest BCUT2D eigenvalue weighted by molar-refractivity contribution is 0.0712. The first-order valence-corrected chi connectivity index (χ1v) is 10.4. The van der Waals surface area contributed by atoms with Gasteiger partial charge < -0.3 is 15.5 Å². The summed E-state index contributed by atoms with van der Waals surface area (Å²) in [4.78, 5) is 18.9. The van der Waals surface area contributed by atoms with Crippen molar-refractivity contribution in [3.05, 3.63) is 36.3 Å². The van der Waals surface area contributed by atoms with Gasteiger partial charge in [0, 0.05) is 37.9 Å². The summed E-state index contributed by atoms with van der Waals surface area (Å²) >= 11 is 0. The Hall–Kier alpha value is -2.48. The molecule has 150 valence electrons. The van der Waals surface area contributed by atoms with E-state index in [1.54, 1.807) is 17.1 Å². The number of carbonyl (C=O) groups is 1. The number of nitrogens with zero attached hydrogens (tertiary/aromatic N) is 5. The highest BCUT2D eigenvalue weighted by Gasteiger charge is 2.25. The molecule has 2 aromatic rings. The number of anilines is 1. The number of likely N-dealkylation sites (tertiary alicyclic amines) is 1. The highest BCUT2D eigenvalue weighted by atomic mass is 16.2. The second-order valence-corrected chi connectivity index (χ2v) is 7.73. The molecule has 4 heterocycles. The number of nitrogens with one attached hydrogen (secondary N) is 2. The van der Waals surface area contributed by atoms with Gasteiger partial charge in [0.15, 0.2) is 5.69 Å². The lowest BCUT2D eigenvalue weighted by atomic mass is 10.0. The van der Waals surface area contributed by atoms with Crippen molar-refractivity contribution >= 4 is 11.7 Å². The van der Waals surface area contributed by atoms with Crippen molar-refractivity contribution in [2.75, 3.05) is 25.0 Å². The van der Waals surface area contributed by atoms with Crippen molar-refractivity contribution < 1.29 is 4.79 Å². The number of amides is 1. The van der Waals surface area contributed by atoms with E-state index in [-0.39, 0.29) is 5.91 Å². The number of hydrogen-bond acceptors (Lipinski definition) is 6. The Kier molecular flexibility index (Phi) is 6.16. The molecule has 2 aliphatic rings. The summed E-state index contributed by atoms with van der Waals surface area (Å²) in [6.07, 6.45) is 10.2. The Labute approximate surface area is 165 Å². The van der Waals surface area contributed by atoms with Crippen LogP contribution in [0.1, 0.15) is 49.0 Å². The Morgan fingerprint density at radius 3 is 2.86 bits per heavy atom.